The predicted molar refractivity (Wildman–Crippen MR) is 95.5 cm³/mol. The van der Waals surface area contributed by atoms with Gasteiger partial charge >= 0.3 is 6.18 Å². The second kappa shape index (κ2) is 7.03. The minimum atomic E-state index is -4.65. The molecule has 0 saturated carbocycles. The number of nitrogens with zero attached hydrogens (tertiary/aromatic N) is 2. The number of rotatable bonds is 1. The van der Waals surface area contributed by atoms with E-state index in [0.29, 0.717) is 16.9 Å². The van der Waals surface area contributed by atoms with Gasteiger partial charge in [0, 0.05) is 29.3 Å². The summed E-state index contributed by atoms with van der Waals surface area (Å²) in [6.07, 6.45) is -5.96. The van der Waals surface area contributed by atoms with Crippen molar-refractivity contribution in [2.24, 2.45) is 10.7 Å². The first-order valence-electron chi connectivity index (χ1n) is 8.19. The first kappa shape index (κ1) is 19.5. The van der Waals surface area contributed by atoms with E-state index in [1.54, 1.807) is 12.1 Å². The maximum Gasteiger partial charge on any atom is 0.425 e. The molecule has 0 unspecified atom stereocenters. The molecule has 0 amide bonds. The van der Waals surface area contributed by atoms with Crippen molar-refractivity contribution in [1.29, 1.82) is 0 Å². The zero-order valence-electron chi connectivity index (χ0n) is 14.7. The van der Waals surface area contributed by atoms with Crippen LogP contribution in [0.3, 0.4) is 0 Å². The van der Waals surface area contributed by atoms with E-state index < -0.39 is 36.1 Å². The van der Waals surface area contributed by atoms with Crippen molar-refractivity contribution in [3.63, 3.8) is 0 Å². The summed E-state index contributed by atoms with van der Waals surface area (Å²) in [6, 6.07) is 6.53. The number of amidine groups is 1. The first-order valence-corrected chi connectivity index (χ1v) is 8.19. The van der Waals surface area contributed by atoms with Crippen LogP contribution in [0.5, 0.6) is 0 Å². The largest absolute Gasteiger partial charge is 0.452 e. The third kappa shape index (κ3) is 4.17. The smallest absolute Gasteiger partial charge is 0.425 e. The van der Waals surface area contributed by atoms with E-state index in [1.165, 1.54) is 25.3 Å². The number of anilines is 1. The lowest BCUT2D eigenvalue weighted by molar-refractivity contribution is -0.208. The van der Waals surface area contributed by atoms with Crippen LogP contribution in [-0.2, 0) is 10.3 Å². The fourth-order valence-electron chi connectivity index (χ4n) is 2.86. The van der Waals surface area contributed by atoms with E-state index in [2.05, 4.69) is 26.6 Å². The number of pyridine rings is 1. The molecule has 2 atom stereocenters. The number of ether oxygens (including phenoxy) is 1. The van der Waals surface area contributed by atoms with Gasteiger partial charge in [0.05, 0.1) is 5.54 Å². The fourth-order valence-corrected chi connectivity index (χ4v) is 2.86. The highest BCUT2D eigenvalue weighted by Crippen LogP contribution is 2.40. The summed E-state index contributed by atoms with van der Waals surface area (Å²) in [5.74, 6) is 5.30. The van der Waals surface area contributed by atoms with Gasteiger partial charge in [-0.25, -0.2) is 14.4 Å². The van der Waals surface area contributed by atoms with Crippen molar-refractivity contribution in [3.05, 3.63) is 59.0 Å². The lowest BCUT2D eigenvalue weighted by Gasteiger charge is -2.35. The molecular formula is C19H16F4N4O. The topological polar surface area (TPSA) is 86.5 Å². The van der Waals surface area contributed by atoms with Gasteiger partial charge in [-0.15, -0.1) is 0 Å². The van der Waals surface area contributed by atoms with Gasteiger partial charge in [-0.3, -0.25) is 0 Å². The molecule has 1 aliphatic rings. The molecule has 5 nitrogen and oxygen atoms in total. The van der Waals surface area contributed by atoms with Crippen LogP contribution in [0, 0.1) is 17.7 Å². The molecule has 2 heterocycles. The Morgan fingerprint density at radius 2 is 1.82 bits per heavy atom. The molecule has 1 aromatic carbocycles. The van der Waals surface area contributed by atoms with Gasteiger partial charge in [0.25, 0.3) is 6.02 Å². The number of aromatic nitrogens is 1. The van der Waals surface area contributed by atoms with E-state index in [9.17, 15) is 17.6 Å². The molecule has 0 radical (unpaired) electrons. The minimum Gasteiger partial charge on any atom is -0.452 e. The average molecular weight is 392 g/mol. The standard InChI is InChI=1S/C19H16F4N4O/c1-18(9-15(19(21,22)23)28-17(25)27-18)13-8-11(4-6-14(13)20)2-3-12-5-7-16(24)26-10-12/h4-8,10,15H,9H2,1H3,(H2,24,26)(H2,25,27)/t15-,18-/m0/s1. The summed E-state index contributed by atoms with van der Waals surface area (Å²) >= 11 is 0. The summed E-state index contributed by atoms with van der Waals surface area (Å²) < 4.78 is 58.4. The lowest BCUT2D eigenvalue weighted by atomic mass is 9.84. The van der Waals surface area contributed by atoms with Gasteiger partial charge < -0.3 is 16.2 Å². The minimum absolute atomic E-state index is 0.0461. The molecule has 4 N–H and O–H groups in total. The summed E-state index contributed by atoms with van der Waals surface area (Å²) in [5.41, 5.74) is 10.3. The Bertz CT molecular complexity index is 976. The molecule has 9 heteroatoms. The summed E-state index contributed by atoms with van der Waals surface area (Å²) in [4.78, 5) is 7.85. The zero-order chi connectivity index (χ0) is 20.5. The highest BCUT2D eigenvalue weighted by Gasteiger charge is 2.50. The van der Waals surface area contributed by atoms with E-state index in [-0.39, 0.29) is 5.56 Å². The van der Waals surface area contributed by atoms with Crippen LogP contribution >= 0.6 is 0 Å². The number of alkyl halides is 3. The molecule has 28 heavy (non-hydrogen) atoms. The van der Waals surface area contributed by atoms with Gasteiger partial charge in [0.1, 0.15) is 11.6 Å². The predicted octanol–water partition coefficient (Wildman–Crippen LogP) is 3.08. The zero-order valence-corrected chi connectivity index (χ0v) is 14.7. The van der Waals surface area contributed by atoms with Crippen LogP contribution in [0.25, 0.3) is 0 Å². The number of nitrogen functional groups attached to an aromatic ring is 1. The molecule has 0 fully saturated rings. The van der Waals surface area contributed by atoms with Crippen LogP contribution in [0.15, 0.2) is 41.5 Å². The number of hydrogen-bond acceptors (Lipinski definition) is 5. The molecule has 3 rings (SSSR count). The van der Waals surface area contributed by atoms with Crippen LogP contribution < -0.4 is 11.5 Å². The molecule has 1 aromatic heterocycles. The fraction of sp³-hybridized carbons (Fsp3) is 0.263. The molecule has 0 spiro atoms. The molecule has 2 aromatic rings. The van der Waals surface area contributed by atoms with E-state index in [0.717, 1.165) is 6.07 Å². The molecule has 146 valence electrons. The van der Waals surface area contributed by atoms with Crippen molar-refractivity contribution in [1.82, 2.24) is 4.98 Å². The summed E-state index contributed by atoms with van der Waals surface area (Å²) in [6.45, 7) is 1.38. The number of benzene rings is 1. The van der Waals surface area contributed by atoms with Crippen LogP contribution in [0.1, 0.15) is 30.0 Å². The van der Waals surface area contributed by atoms with Gasteiger partial charge in [-0.1, -0.05) is 11.8 Å². The van der Waals surface area contributed by atoms with Gasteiger partial charge in [0.2, 0.25) is 0 Å². The summed E-state index contributed by atoms with van der Waals surface area (Å²) in [7, 11) is 0. The molecule has 0 aliphatic carbocycles. The Hall–Kier alpha value is -3.28. The lowest BCUT2D eigenvalue weighted by Crippen LogP contribution is -2.46. The van der Waals surface area contributed by atoms with Crippen molar-refractivity contribution in [2.45, 2.75) is 31.2 Å². The Balaban J connectivity index is 1.97. The van der Waals surface area contributed by atoms with Crippen LogP contribution in [-0.4, -0.2) is 23.3 Å². The Labute approximate surface area is 158 Å². The number of nitrogens with two attached hydrogens (primary N) is 2. The molecule has 0 bridgehead atoms. The average Bonchev–Trinajstić information content (AvgIpc) is 2.61. The van der Waals surface area contributed by atoms with Gasteiger partial charge in [-0.05, 0) is 37.3 Å². The molecular weight excluding hydrogens is 376 g/mol. The van der Waals surface area contributed by atoms with Crippen molar-refractivity contribution >= 4 is 11.8 Å². The first-order chi connectivity index (χ1) is 13.1. The quantitative estimate of drug-likeness (QED) is 0.577. The Morgan fingerprint density at radius 3 is 2.46 bits per heavy atom. The van der Waals surface area contributed by atoms with E-state index in [1.807, 2.05) is 0 Å². The highest BCUT2D eigenvalue weighted by atomic mass is 19.4. The second-order valence-corrected chi connectivity index (χ2v) is 6.49. The van der Waals surface area contributed by atoms with Crippen molar-refractivity contribution < 1.29 is 22.3 Å². The maximum absolute atomic E-state index is 14.5. The Morgan fingerprint density at radius 1 is 1.14 bits per heavy atom. The number of hydrogen-bond donors (Lipinski definition) is 2. The molecule has 0 saturated heterocycles. The van der Waals surface area contributed by atoms with Crippen LogP contribution in [0.2, 0.25) is 0 Å². The number of aliphatic imine (C=N–C) groups is 1. The maximum atomic E-state index is 14.5. The third-order valence-electron chi connectivity index (χ3n) is 4.25. The highest BCUT2D eigenvalue weighted by molar-refractivity contribution is 5.73. The van der Waals surface area contributed by atoms with E-state index >= 15 is 0 Å². The monoisotopic (exact) mass is 392 g/mol. The molecule has 1 aliphatic heterocycles. The third-order valence-corrected chi connectivity index (χ3v) is 4.25. The SMILES string of the molecule is C[C@@]1(c2cc(C#Cc3ccc(N)nc3)ccc2F)C[C@@H](C(F)(F)F)OC(N)=N1. The van der Waals surface area contributed by atoms with Gasteiger partial charge in [-0.2, -0.15) is 13.2 Å². The van der Waals surface area contributed by atoms with Crippen LogP contribution in [0.4, 0.5) is 23.4 Å². The van der Waals surface area contributed by atoms with Gasteiger partial charge in [0.15, 0.2) is 6.10 Å². The number of halogens is 4. The Kier molecular flexibility index (Phi) is 4.89. The van der Waals surface area contributed by atoms with Crippen molar-refractivity contribution in [3.8, 4) is 11.8 Å². The normalized spacial score (nSPS) is 21.9. The van der Waals surface area contributed by atoms with Crippen molar-refractivity contribution in [2.75, 3.05) is 5.73 Å². The van der Waals surface area contributed by atoms with E-state index in [4.69, 9.17) is 11.5 Å². The second-order valence-electron chi connectivity index (χ2n) is 6.49. The summed E-state index contributed by atoms with van der Waals surface area (Å²) in [5, 5.41) is 0.